The van der Waals surface area contributed by atoms with Gasteiger partial charge in [-0.1, -0.05) is 65.7 Å². The molecule has 156 valence electrons. The first-order valence-corrected chi connectivity index (χ1v) is 11.2. The van der Waals surface area contributed by atoms with E-state index in [0.29, 0.717) is 5.69 Å². The van der Waals surface area contributed by atoms with Crippen molar-refractivity contribution in [1.29, 1.82) is 0 Å². The number of nitrogens with zero attached hydrogens (tertiary/aromatic N) is 1. The van der Waals surface area contributed by atoms with Gasteiger partial charge in [-0.3, -0.25) is 4.79 Å². The lowest BCUT2D eigenvalue weighted by Crippen LogP contribution is -2.37. The molecular formula is C24H26N2O3S. The van der Waals surface area contributed by atoms with Crippen LogP contribution in [0.5, 0.6) is 0 Å². The number of hydrogen-bond donors (Lipinski definition) is 1. The molecule has 6 heteroatoms. The molecular weight excluding hydrogens is 396 g/mol. The predicted molar refractivity (Wildman–Crippen MR) is 120 cm³/mol. The van der Waals surface area contributed by atoms with Gasteiger partial charge < -0.3 is 5.32 Å². The molecule has 1 amide bonds. The molecule has 0 aliphatic carbocycles. The van der Waals surface area contributed by atoms with E-state index < -0.39 is 10.0 Å². The normalized spacial score (nSPS) is 11.5. The average Bonchev–Trinajstić information content (AvgIpc) is 2.72. The van der Waals surface area contributed by atoms with E-state index in [1.165, 1.54) is 4.31 Å². The SMILES string of the molecule is Cc1ccc(CN(CC(=O)Nc2ccc(C)cc2C)S(=O)(=O)c2ccccc2)cc1. The lowest BCUT2D eigenvalue weighted by molar-refractivity contribution is -0.116. The summed E-state index contributed by atoms with van der Waals surface area (Å²) in [6.45, 7) is 5.69. The topological polar surface area (TPSA) is 66.5 Å². The minimum Gasteiger partial charge on any atom is -0.325 e. The van der Waals surface area contributed by atoms with Gasteiger partial charge >= 0.3 is 0 Å². The molecule has 30 heavy (non-hydrogen) atoms. The number of aryl methyl sites for hydroxylation is 3. The minimum absolute atomic E-state index is 0.109. The van der Waals surface area contributed by atoms with E-state index in [4.69, 9.17) is 0 Å². The van der Waals surface area contributed by atoms with Crippen LogP contribution in [0, 0.1) is 20.8 Å². The second-order valence-corrected chi connectivity index (χ2v) is 9.38. The van der Waals surface area contributed by atoms with E-state index in [1.807, 2.05) is 63.2 Å². The maximum atomic E-state index is 13.2. The van der Waals surface area contributed by atoms with Gasteiger partial charge in [0, 0.05) is 12.2 Å². The number of anilines is 1. The summed E-state index contributed by atoms with van der Waals surface area (Å²) >= 11 is 0. The Morgan fingerprint density at radius 1 is 0.867 bits per heavy atom. The molecule has 3 aromatic carbocycles. The number of amides is 1. The third-order valence-corrected chi connectivity index (χ3v) is 6.64. The summed E-state index contributed by atoms with van der Waals surface area (Å²) in [7, 11) is -3.84. The zero-order chi connectivity index (χ0) is 21.7. The first kappa shape index (κ1) is 21.7. The number of rotatable bonds is 7. The van der Waals surface area contributed by atoms with Gasteiger partial charge in [0.25, 0.3) is 0 Å². The maximum Gasteiger partial charge on any atom is 0.243 e. The number of nitrogens with one attached hydrogen (secondary N) is 1. The van der Waals surface area contributed by atoms with E-state index >= 15 is 0 Å². The van der Waals surface area contributed by atoms with Crippen molar-refractivity contribution in [3.63, 3.8) is 0 Å². The minimum atomic E-state index is -3.84. The third-order valence-electron chi connectivity index (χ3n) is 4.84. The van der Waals surface area contributed by atoms with Crippen molar-refractivity contribution in [3.8, 4) is 0 Å². The third kappa shape index (κ3) is 5.34. The summed E-state index contributed by atoms with van der Waals surface area (Å²) in [4.78, 5) is 12.9. The molecule has 3 aromatic rings. The van der Waals surface area contributed by atoms with Gasteiger partial charge in [0.2, 0.25) is 15.9 Å². The summed E-state index contributed by atoms with van der Waals surface area (Å²) in [5.74, 6) is -0.381. The summed E-state index contributed by atoms with van der Waals surface area (Å²) in [6, 6.07) is 21.5. The predicted octanol–water partition coefficient (Wildman–Crippen LogP) is 4.44. The smallest absolute Gasteiger partial charge is 0.243 e. The van der Waals surface area contributed by atoms with Crippen LogP contribution in [0.3, 0.4) is 0 Å². The molecule has 1 N–H and O–H groups in total. The Balaban J connectivity index is 1.86. The van der Waals surface area contributed by atoms with E-state index in [0.717, 1.165) is 22.3 Å². The molecule has 0 aliphatic heterocycles. The fourth-order valence-corrected chi connectivity index (χ4v) is 4.57. The summed E-state index contributed by atoms with van der Waals surface area (Å²) in [5, 5.41) is 2.84. The Bertz CT molecular complexity index is 1120. The molecule has 0 radical (unpaired) electrons. The molecule has 0 atom stereocenters. The van der Waals surface area contributed by atoms with E-state index in [1.54, 1.807) is 30.3 Å². The second-order valence-electron chi connectivity index (χ2n) is 7.44. The van der Waals surface area contributed by atoms with Gasteiger partial charge in [-0.25, -0.2) is 8.42 Å². The van der Waals surface area contributed by atoms with Crippen molar-refractivity contribution in [1.82, 2.24) is 4.31 Å². The van der Waals surface area contributed by atoms with Crippen molar-refractivity contribution < 1.29 is 13.2 Å². The molecule has 0 spiro atoms. The lowest BCUT2D eigenvalue weighted by atomic mass is 10.1. The quantitative estimate of drug-likeness (QED) is 0.612. The molecule has 0 saturated carbocycles. The number of carbonyl (C=O) groups is 1. The van der Waals surface area contributed by atoms with E-state index in [-0.39, 0.29) is 23.9 Å². The van der Waals surface area contributed by atoms with Crippen LogP contribution in [-0.2, 0) is 21.4 Å². The summed E-state index contributed by atoms with van der Waals surface area (Å²) in [5.41, 5.74) is 4.61. The second kappa shape index (κ2) is 9.24. The van der Waals surface area contributed by atoms with Gasteiger partial charge in [-0.2, -0.15) is 4.31 Å². The largest absolute Gasteiger partial charge is 0.325 e. The van der Waals surface area contributed by atoms with Crippen molar-refractivity contribution >= 4 is 21.6 Å². The molecule has 0 fully saturated rings. The van der Waals surface area contributed by atoms with Crippen molar-refractivity contribution in [2.24, 2.45) is 0 Å². The summed E-state index contributed by atoms with van der Waals surface area (Å²) in [6.07, 6.45) is 0. The molecule has 0 bridgehead atoms. The van der Waals surface area contributed by atoms with Crippen molar-refractivity contribution in [2.75, 3.05) is 11.9 Å². The van der Waals surface area contributed by atoms with Crippen LogP contribution in [0.15, 0.2) is 77.7 Å². The zero-order valence-electron chi connectivity index (χ0n) is 17.4. The van der Waals surface area contributed by atoms with Gasteiger partial charge in [-0.15, -0.1) is 0 Å². The fraction of sp³-hybridized carbons (Fsp3) is 0.208. The Labute approximate surface area is 178 Å². The molecule has 0 aliphatic rings. The molecule has 5 nitrogen and oxygen atoms in total. The van der Waals surface area contributed by atoms with Crippen LogP contribution in [-0.4, -0.2) is 25.2 Å². The zero-order valence-corrected chi connectivity index (χ0v) is 18.2. The molecule has 0 aromatic heterocycles. The van der Waals surface area contributed by atoms with E-state index in [9.17, 15) is 13.2 Å². The molecule has 0 unspecified atom stereocenters. The number of hydrogen-bond acceptors (Lipinski definition) is 3. The average molecular weight is 423 g/mol. The Kier molecular flexibility index (Phi) is 6.70. The van der Waals surface area contributed by atoms with Crippen LogP contribution in [0.4, 0.5) is 5.69 Å². The van der Waals surface area contributed by atoms with E-state index in [2.05, 4.69) is 5.32 Å². The standard InChI is InChI=1S/C24H26N2O3S/c1-18-9-12-21(13-10-18)16-26(30(28,29)22-7-5-4-6-8-22)17-24(27)25-23-14-11-19(2)15-20(23)3/h4-15H,16-17H2,1-3H3,(H,25,27). The summed E-state index contributed by atoms with van der Waals surface area (Å²) < 4.78 is 27.7. The van der Waals surface area contributed by atoms with Crippen LogP contribution >= 0.6 is 0 Å². The monoisotopic (exact) mass is 422 g/mol. The highest BCUT2D eigenvalue weighted by atomic mass is 32.2. The Morgan fingerprint density at radius 3 is 2.13 bits per heavy atom. The highest BCUT2D eigenvalue weighted by Gasteiger charge is 2.27. The maximum absolute atomic E-state index is 13.2. The number of sulfonamides is 1. The first-order valence-electron chi connectivity index (χ1n) is 9.73. The first-order chi connectivity index (χ1) is 14.3. The highest BCUT2D eigenvalue weighted by molar-refractivity contribution is 7.89. The van der Waals surface area contributed by atoms with Crippen LogP contribution < -0.4 is 5.32 Å². The van der Waals surface area contributed by atoms with Crippen molar-refractivity contribution in [3.05, 3.63) is 95.1 Å². The Hall–Kier alpha value is -2.96. The highest BCUT2D eigenvalue weighted by Crippen LogP contribution is 2.20. The molecule has 0 saturated heterocycles. The number of benzene rings is 3. The number of carbonyl (C=O) groups excluding carboxylic acids is 1. The Morgan fingerprint density at radius 2 is 1.50 bits per heavy atom. The van der Waals surface area contributed by atoms with Gasteiger partial charge in [0.05, 0.1) is 11.4 Å². The lowest BCUT2D eigenvalue weighted by Gasteiger charge is -2.22. The van der Waals surface area contributed by atoms with Crippen molar-refractivity contribution in [2.45, 2.75) is 32.2 Å². The van der Waals surface area contributed by atoms with Crippen LogP contribution in [0.2, 0.25) is 0 Å². The molecule has 0 heterocycles. The fourth-order valence-electron chi connectivity index (χ4n) is 3.17. The van der Waals surface area contributed by atoms with Crippen LogP contribution in [0.25, 0.3) is 0 Å². The van der Waals surface area contributed by atoms with Gasteiger partial charge in [0.1, 0.15) is 0 Å². The molecule has 3 rings (SSSR count). The van der Waals surface area contributed by atoms with Crippen LogP contribution in [0.1, 0.15) is 22.3 Å². The van der Waals surface area contributed by atoms with Gasteiger partial charge in [-0.05, 0) is 50.1 Å². The van der Waals surface area contributed by atoms with Gasteiger partial charge in [0.15, 0.2) is 0 Å².